The van der Waals surface area contributed by atoms with E-state index >= 15 is 8.78 Å². The fourth-order valence-electron chi connectivity index (χ4n) is 3.44. The minimum Gasteiger partial charge on any atom is -0.491 e. The van der Waals surface area contributed by atoms with Gasteiger partial charge in [-0.25, -0.2) is 18.7 Å². The van der Waals surface area contributed by atoms with Crippen LogP contribution in [0.4, 0.5) is 14.5 Å². The molecule has 0 amide bonds. The van der Waals surface area contributed by atoms with Crippen molar-refractivity contribution in [2.24, 2.45) is 5.92 Å². The van der Waals surface area contributed by atoms with Gasteiger partial charge in [-0.15, -0.1) is 0 Å². The van der Waals surface area contributed by atoms with Crippen molar-refractivity contribution < 1.29 is 18.3 Å². The number of piperidine rings is 1. The lowest BCUT2D eigenvalue weighted by atomic mass is 9.97. The maximum atomic E-state index is 15.7. The maximum absolute atomic E-state index is 15.7. The second-order valence-electron chi connectivity index (χ2n) is 7.27. The number of nitriles is 1. The number of anilines is 1. The van der Waals surface area contributed by atoms with Crippen molar-refractivity contribution in [2.75, 3.05) is 38.3 Å². The van der Waals surface area contributed by atoms with Crippen LogP contribution >= 0.6 is 11.6 Å². The molecule has 1 aliphatic rings. The molecular formula is C21H23ClF2N4O2. The monoisotopic (exact) mass is 436 g/mol. The van der Waals surface area contributed by atoms with Gasteiger partial charge < -0.3 is 14.4 Å². The van der Waals surface area contributed by atoms with Crippen LogP contribution < -0.4 is 9.64 Å². The number of rotatable bonds is 7. The molecule has 0 unspecified atom stereocenters. The van der Waals surface area contributed by atoms with E-state index in [0.29, 0.717) is 32.0 Å². The first-order valence-corrected chi connectivity index (χ1v) is 10.2. The molecule has 0 spiro atoms. The Morgan fingerprint density at radius 3 is 2.67 bits per heavy atom. The van der Waals surface area contributed by atoms with Gasteiger partial charge in [-0.1, -0.05) is 18.5 Å². The Balaban J connectivity index is 2.06. The Labute approximate surface area is 179 Å². The van der Waals surface area contributed by atoms with Crippen LogP contribution in [-0.2, 0) is 4.74 Å². The van der Waals surface area contributed by atoms with Gasteiger partial charge in [0.2, 0.25) is 5.82 Å². The van der Waals surface area contributed by atoms with Crippen molar-refractivity contribution in [3.63, 3.8) is 0 Å². The largest absolute Gasteiger partial charge is 0.491 e. The fraction of sp³-hybridized carbons (Fsp3) is 0.476. The maximum Gasteiger partial charge on any atom is 0.233 e. The van der Waals surface area contributed by atoms with E-state index in [9.17, 15) is 0 Å². The second kappa shape index (κ2) is 10.0. The Kier molecular flexibility index (Phi) is 7.40. The highest BCUT2D eigenvalue weighted by atomic mass is 35.5. The standard InChI is InChI=1S/C21H23ClF2N4O2/c1-13-4-6-28(7-5-13)20-16(30-9-3-8-29-2)10-15(23)18(19(20)24)14-12-26-17(11-25)27-21(14)22/h10,12-13H,3-9H2,1-2H3. The minimum absolute atomic E-state index is 0.0109. The first-order chi connectivity index (χ1) is 14.5. The van der Waals surface area contributed by atoms with Gasteiger partial charge >= 0.3 is 0 Å². The zero-order valence-corrected chi connectivity index (χ0v) is 17.7. The predicted molar refractivity (Wildman–Crippen MR) is 110 cm³/mol. The molecular weight excluding hydrogens is 414 g/mol. The molecule has 0 saturated carbocycles. The molecule has 9 heteroatoms. The second-order valence-corrected chi connectivity index (χ2v) is 7.63. The quantitative estimate of drug-likeness (QED) is 0.466. The van der Waals surface area contributed by atoms with Crippen LogP contribution in [0.1, 0.15) is 32.0 Å². The van der Waals surface area contributed by atoms with E-state index in [1.807, 2.05) is 4.90 Å². The molecule has 1 fully saturated rings. The number of ether oxygens (including phenoxy) is 2. The highest BCUT2D eigenvalue weighted by Gasteiger charge is 2.28. The molecule has 160 valence electrons. The van der Waals surface area contributed by atoms with Crippen molar-refractivity contribution in [1.82, 2.24) is 9.97 Å². The van der Waals surface area contributed by atoms with E-state index in [-0.39, 0.29) is 40.1 Å². The average Bonchev–Trinajstić information content (AvgIpc) is 2.73. The van der Waals surface area contributed by atoms with Crippen molar-refractivity contribution in [3.8, 4) is 22.9 Å². The Hall–Kier alpha value is -2.50. The lowest BCUT2D eigenvalue weighted by molar-refractivity contribution is 0.172. The van der Waals surface area contributed by atoms with Gasteiger partial charge in [0.15, 0.2) is 5.82 Å². The summed E-state index contributed by atoms with van der Waals surface area (Å²) in [5, 5.41) is 8.72. The van der Waals surface area contributed by atoms with E-state index in [0.717, 1.165) is 19.0 Å². The normalized spacial score (nSPS) is 14.6. The summed E-state index contributed by atoms with van der Waals surface area (Å²) in [4.78, 5) is 9.49. The first-order valence-electron chi connectivity index (χ1n) is 9.78. The van der Waals surface area contributed by atoms with Crippen LogP contribution in [0.5, 0.6) is 5.75 Å². The third kappa shape index (κ3) is 4.79. The number of hydrogen-bond acceptors (Lipinski definition) is 6. The average molecular weight is 437 g/mol. The summed E-state index contributed by atoms with van der Waals surface area (Å²) in [6.07, 6.45) is 3.55. The van der Waals surface area contributed by atoms with E-state index in [4.69, 9.17) is 26.3 Å². The third-order valence-corrected chi connectivity index (χ3v) is 5.41. The molecule has 0 bridgehead atoms. The molecule has 2 aromatic rings. The molecule has 30 heavy (non-hydrogen) atoms. The molecule has 0 aliphatic carbocycles. The lowest BCUT2D eigenvalue weighted by Crippen LogP contribution is -2.34. The van der Waals surface area contributed by atoms with Gasteiger partial charge in [0.25, 0.3) is 0 Å². The summed E-state index contributed by atoms with van der Waals surface area (Å²) in [7, 11) is 1.58. The van der Waals surface area contributed by atoms with Crippen LogP contribution in [0.15, 0.2) is 12.3 Å². The Morgan fingerprint density at radius 2 is 2.03 bits per heavy atom. The predicted octanol–water partition coefficient (Wildman–Crippen LogP) is 4.60. The topological polar surface area (TPSA) is 71.3 Å². The summed E-state index contributed by atoms with van der Waals surface area (Å²) >= 11 is 6.11. The third-order valence-electron chi connectivity index (χ3n) is 5.12. The number of hydrogen-bond donors (Lipinski definition) is 0. The first kappa shape index (κ1) is 22.2. The molecule has 0 atom stereocenters. The van der Waals surface area contributed by atoms with E-state index in [2.05, 4.69) is 16.9 Å². The van der Waals surface area contributed by atoms with Crippen LogP contribution in [0.2, 0.25) is 5.15 Å². The van der Waals surface area contributed by atoms with Gasteiger partial charge in [0, 0.05) is 51.1 Å². The summed E-state index contributed by atoms with van der Waals surface area (Å²) in [5.41, 5.74) is -0.137. The van der Waals surface area contributed by atoms with Crippen molar-refractivity contribution in [1.29, 1.82) is 5.26 Å². The van der Waals surface area contributed by atoms with Crippen LogP contribution in [0.25, 0.3) is 11.1 Å². The van der Waals surface area contributed by atoms with Crippen LogP contribution in [0.3, 0.4) is 0 Å². The number of halogens is 3. The van der Waals surface area contributed by atoms with Gasteiger partial charge in [-0.05, 0) is 18.8 Å². The smallest absolute Gasteiger partial charge is 0.233 e. The number of nitrogens with zero attached hydrogens (tertiary/aromatic N) is 4. The summed E-state index contributed by atoms with van der Waals surface area (Å²) in [5.74, 6) is -1.10. The molecule has 1 aliphatic heterocycles. The van der Waals surface area contributed by atoms with Gasteiger partial charge in [-0.2, -0.15) is 5.26 Å². The summed E-state index contributed by atoms with van der Waals surface area (Å²) in [6, 6.07) is 2.93. The van der Waals surface area contributed by atoms with Gasteiger partial charge in [-0.3, -0.25) is 0 Å². The van der Waals surface area contributed by atoms with Crippen molar-refractivity contribution in [2.45, 2.75) is 26.2 Å². The highest BCUT2D eigenvalue weighted by molar-refractivity contribution is 6.32. The zero-order valence-electron chi connectivity index (χ0n) is 16.9. The van der Waals surface area contributed by atoms with E-state index in [1.165, 1.54) is 6.07 Å². The molecule has 0 radical (unpaired) electrons. The molecule has 6 nitrogen and oxygen atoms in total. The number of benzene rings is 1. The van der Waals surface area contributed by atoms with Crippen LogP contribution in [-0.4, -0.2) is 43.4 Å². The zero-order chi connectivity index (χ0) is 21.7. The van der Waals surface area contributed by atoms with E-state index < -0.39 is 11.6 Å². The fourth-order valence-corrected chi connectivity index (χ4v) is 3.66. The molecule has 1 aromatic carbocycles. The van der Waals surface area contributed by atoms with Gasteiger partial charge in [0.1, 0.15) is 28.5 Å². The molecule has 1 saturated heterocycles. The minimum atomic E-state index is -0.835. The molecule has 1 aromatic heterocycles. The number of aromatic nitrogens is 2. The highest BCUT2D eigenvalue weighted by Crippen LogP contribution is 2.42. The molecule has 3 rings (SSSR count). The lowest BCUT2D eigenvalue weighted by Gasteiger charge is -2.34. The molecule has 0 N–H and O–H groups in total. The summed E-state index contributed by atoms with van der Waals surface area (Å²) < 4.78 is 41.5. The number of methoxy groups -OCH3 is 1. The van der Waals surface area contributed by atoms with Crippen molar-refractivity contribution in [3.05, 3.63) is 34.9 Å². The molecule has 2 heterocycles. The Bertz CT molecular complexity index is 944. The van der Waals surface area contributed by atoms with Crippen molar-refractivity contribution >= 4 is 17.3 Å². The Morgan fingerprint density at radius 1 is 1.30 bits per heavy atom. The van der Waals surface area contributed by atoms with Gasteiger partial charge in [0.05, 0.1) is 12.2 Å². The van der Waals surface area contributed by atoms with E-state index in [1.54, 1.807) is 13.2 Å². The van der Waals surface area contributed by atoms with Crippen LogP contribution in [0, 0.1) is 28.9 Å². The summed E-state index contributed by atoms with van der Waals surface area (Å²) in [6.45, 7) is 4.17. The SMILES string of the molecule is COCCCOc1cc(F)c(-c2cnc(C#N)nc2Cl)c(F)c1N1CCC(C)CC1.